The maximum absolute atomic E-state index is 4.13. The van der Waals surface area contributed by atoms with E-state index in [0.29, 0.717) is 12.0 Å². The smallest absolute Gasteiger partial charge is 0.147 e. The van der Waals surface area contributed by atoms with Crippen LogP contribution in [0.15, 0.2) is 6.33 Å². The minimum atomic E-state index is 0.587. The lowest BCUT2D eigenvalue weighted by atomic mass is 10.1. The summed E-state index contributed by atoms with van der Waals surface area (Å²) in [6.07, 6.45) is 1.83. The van der Waals surface area contributed by atoms with Crippen LogP contribution < -0.4 is 5.32 Å². The Hall–Kier alpha value is -0.940. The highest BCUT2D eigenvalue weighted by molar-refractivity contribution is 4.89. The molecule has 0 saturated heterocycles. The van der Waals surface area contributed by atoms with Crippen LogP contribution in [-0.2, 0) is 13.1 Å². The summed E-state index contributed by atoms with van der Waals surface area (Å²) >= 11 is 0. The van der Waals surface area contributed by atoms with E-state index in [9.17, 15) is 0 Å². The van der Waals surface area contributed by atoms with Gasteiger partial charge in [-0.2, -0.15) is 0 Å². The third kappa shape index (κ3) is 3.26. The summed E-state index contributed by atoms with van der Waals surface area (Å²) in [4.78, 5) is 2.43. The summed E-state index contributed by atoms with van der Waals surface area (Å²) in [5.74, 6) is 1.78. The van der Waals surface area contributed by atoms with E-state index in [4.69, 9.17) is 0 Å². The zero-order valence-electron chi connectivity index (χ0n) is 11.1. The molecule has 2 rings (SSSR count). The van der Waals surface area contributed by atoms with Crippen molar-refractivity contribution in [3.8, 4) is 0 Å². The number of hydrogen-bond acceptors (Lipinski definition) is 4. The van der Waals surface area contributed by atoms with Crippen LogP contribution >= 0.6 is 0 Å². The molecule has 1 aromatic heterocycles. The van der Waals surface area contributed by atoms with Crippen LogP contribution in [0.1, 0.15) is 26.6 Å². The van der Waals surface area contributed by atoms with Crippen LogP contribution in [0.2, 0.25) is 0 Å². The van der Waals surface area contributed by atoms with Crippen molar-refractivity contribution in [3.05, 3.63) is 12.2 Å². The molecule has 5 heteroatoms. The first kappa shape index (κ1) is 12.5. The SMILES string of the molecule is CC(C)C(C)NCCN1CCn2cnnc2C1. The van der Waals surface area contributed by atoms with Gasteiger partial charge in [0.05, 0.1) is 6.54 Å². The van der Waals surface area contributed by atoms with E-state index >= 15 is 0 Å². The van der Waals surface area contributed by atoms with Crippen molar-refractivity contribution in [3.63, 3.8) is 0 Å². The second-order valence-corrected chi connectivity index (χ2v) is 5.20. The van der Waals surface area contributed by atoms with E-state index in [0.717, 1.165) is 38.5 Å². The fourth-order valence-corrected chi connectivity index (χ4v) is 1.99. The molecule has 1 atom stereocenters. The monoisotopic (exact) mass is 237 g/mol. The molecule has 1 N–H and O–H groups in total. The zero-order valence-corrected chi connectivity index (χ0v) is 11.1. The Morgan fingerprint density at radius 1 is 1.35 bits per heavy atom. The molecule has 5 nitrogen and oxygen atoms in total. The minimum absolute atomic E-state index is 0.587. The predicted octanol–water partition coefficient (Wildman–Crippen LogP) is 0.728. The number of aromatic nitrogens is 3. The average Bonchev–Trinajstić information content (AvgIpc) is 2.75. The van der Waals surface area contributed by atoms with Gasteiger partial charge in [0, 0.05) is 32.2 Å². The highest BCUT2D eigenvalue weighted by Gasteiger charge is 2.16. The predicted molar refractivity (Wildman–Crippen MR) is 67.6 cm³/mol. The van der Waals surface area contributed by atoms with E-state index in [1.807, 2.05) is 6.33 Å². The van der Waals surface area contributed by atoms with Crippen molar-refractivity contribution >= 4 is 0 Å². The molecule has 1 aromatic rings. The first-order valence-corrected chi connectivity index (χ1v) is 6.49. The fraction of sp³-hybridized carbons (Fsp3) is 0.833. The van der Waals surface area contributed by atoms with Crippen molar-refractivity contribution in [2.24, 2.45) is 5.92 Å². The van der Waals surface area contributed by atoms with Gasteiger partial charge in [-0.05, 0) is 12.8 Å². The molecule has 0 saturated carbocycles. The van der Waals surface area contributed by atoms with Crippen LogP contribution in [0.5, 0.6) is 0 Å². The van der Waals surface area contributed by atoms with Gasteiger partial charge in [-0.15, -0.1) is 10.2 Å². The van der Waals surface area contributed by atoms with Gasteiger partial charge < -0.3 is 9.88 Å². The Morgan fingerprint density at radius 2 is 2.18 bits per heavy atom. The molecular weight excluding hydrogens is 214 g/mol. The van der Waals surface area contributed by atoms with Crippen LogP contribution in [-0.4, -0.2) is 45.3 Å². The molecule has 0 aromatic carbocycles. The van der Waals surface area contributed by atoms with Crippen molar-refractivity contribution in [2.45, 2.75) is 39.9 Å². The Kier molecular flexibility index (Phi) is 4.12. The highest BCUT2D eigenvalue weighted by atomic mass is 15.3. The molecule has 0 amide bonds. The van der Waals surface area contributed by atoms with E-state index in [1.165, 1.54) is 0 Å². The van der Waals surface area contributed by atoms with Gasteiger partial charge in [-0.3, -0.25) is 4.90 Å². The van der Waals surface area contributed by atoms with Gasteiger partial charge in [0.1, 0.15) is 12.2 Å². The molecule has 2 heterocycles. The Balaban J connectivity index is 1.72. The largest absolute Gasteiger partial charge is 0.315 e. The van der Waals surface area contributed by atoms with E-state index in [-0.39, 0.29) is 0 Å². The molecule has 1 aliphatic heterocycles. The lowest BCUT2D eigenvalue weighted by Crippen LogP contribution is -2.41. The quantitative estimate of drug-likeness (QED) is 0.820. The van der Waals surface area contributed by atoms with Crippen LogP contribution in [0.3, 0.4) is 0 Å². The standard InChI is InChI=1S/C12H23N5/c1-10(2)11(3)13-4-5-16-6-7-17-9-14-15-12(17)8-16/h9-11,13H,4-8H2,1-3H3. The number of hydrogen-bond donors (Lipinski definition) is 1. The van der Waals surface area contributed by atoms with Gasteiger partial charge in [0.15, 0.2) is 0 Å². The summed E-state index contributed by atoms with van der Waals surface area (Å²) in [6, 6.07) is 0.587. The summed E-state index contributed by atoms with van der Waals surface area (Å²) in [7, 11) is 0. The van der Waals surface area contributed by atoms with Gasteiger partial charge in [0.25, 0.3) is 0 Å². The molecule has 0 aliphatic carbocycles. The third-order valence-electron chi connectivity index (χ3n) is 3.61. The maximum Gasteiger partial charge on any atom is 0.147 e. The van der Waals surface area contributed by atoms with E-state index in [1.54, 1.807) is 0 Å². The van der Waals surface area contributed by atoms with Crippen LogP contribution in [0.4, 0.5) is 0 Å². The van der Waals surface area contributed by atoms with Crippen LogP contribution in [0.25, 0.3) is 0 Å². The molecule has 0 bridgehead atoms. The molecular formula is C12H23N5. The summed E-state index contributed by atoms with van der Waals surface area (Å²) in [5.41, 5.74) is 0. The van der Waals surface area contributed by atoms with Crippen molar-refractivity contribution in [2.75, 3.05) is 19.6 Å². The van der Waals surface area contributed by atoms with E-state index in [2.05, 4.69) is 45.8 Å². The van der Waals surface area contributed by atoms with Crippen molar-refractivity contribution < 1.29 is 0 Å². The second kappa shape index (κ2) is 5.60. The van der Waals surface area contributed by atoms with Crippen molar-refractivity contribution in [1.82, 2.24) is 25.0 Å². The molecule has 1 unspecified atom stereocenters. The first-order valence-electron chi connectivity index (χ1n) is 6.49. The fourth-order valence-electron chi connectivity index (χ4n) is 1.99. The minimum Gasteiger partial charge on any atom is -0.315 e. The summed E-state index contributed by atoms with van der Waals surface area (Å²) in [6.45, 7) is 11.9. The molecule has 0 spiro atoms. The highest BCUT2D eigenvalue weighted by Crippen LogP contribution is 2.08. The van der Waals surface area contributed by atoms with Gasteiger partial charge in [-0.1, -0.05) is 13.8 Å². The molecule has 0 fully saturated rings. The van der Waals surface area contributed by atoms with Gasteiger partial charge in [-0.25, -0.2) is 0 Å². The number of rotatable bonds is 5. The molecule has 17 heavy (non-hydrogen) atoms. The number of nitrogens with zero attached hydrogens (tertiary/aromatic N) is 4. The Bertz CT molecular complexity index is 346. The summed E-state index contributed by atoms with van der Waals surface area (Å²) < 4.78 is 2.14. The Labute approximate surface area is 103 Å². The van der Waals surface area contributed by atoms with Crippen LogP contribution in [0, 0.1) is 5.92 Å². The van der Waals surface area contributed by atoms with E-state index < -0.39 is 0 Å². The first-order chi connectivity index (χ1) is 8.16. The topological polar surface area (TPSA) is 46.0 Å². The zero-order chi connectivity index (χ0) is 12.3. The molecule has 96 valence electrons. The lowest BCUT2D eigenvalue weighted by Gasteiger charge is -2.27. The Morgan fingerprint density at radius 3 is 2.94 bits per heavy atom. The van der Waals surface area contributed by atoms with Gasteiger partial charge in [0.2, 0.25) is 0 Å². The van der Waals surface area contributed by atoms with Crippen molar-refractivity contribution in [1.29, 1.82) is 0 Å². The second-order valence-electron chi connectivity index (χ2n) is 5.20. The maximum atomic E-state index is 4.13. The molecule has 1 aliphatic rings. The average molecular weight is 237 g/mol. The lowest BCUT2D eigenvalue weighted by molar-refractivity contribution is 0.213. The normalized spacial score (nSPS) is 18.4. The molecule has 0 radical (unpaired) electrons. The van der Waals surface area contributed by atoms with Gasteiger partial charge >= 0.3 is 0 Å². The third-order valence-corrected chi connectivity index (χ3v) is 3.61. The number of nitrogens with one attached hydrogen (secondary N) is 1. The number of fused-ring (bicyclic) bond motifs is 1. The summed E-state index contributed by atoms with van der Waals surface area (Å²) in [5, 5.41) is 11.6.